The zero-order valence-corrected chi connectivity index (χ0v) is 31.7. The van der Waals surface area contributed by atoms with Gasteiger partial charge in [-0.3, -0.25) is 9.58 Å². The number of benzene rings is 3. The summed E-state index contributed by atoms with van der Waals surface area (Å²) >= 11 is 3.74. The lowest BCUT2D eigenvalue weighted by atomic mass is 9.98. The Bertz CT molecular complexity index is 1920. The fraction of sp³-hybridized carbons (Fsp3) is 0.450. The zero-order chi connectivity index (χ0) is 35.7. The van der Waals surface area contributed by atoms with Gasteiger partial charge < -0.3 is 28.8 Å². The third-order valence-corrected chi connectivity index (χ3v) is 10.1. The maximum absolute atomic E-state index is 14.0. The van der Waals surface area contributed by atoms with Gasteiger partial charge in [0.15, 0.2) is 0 Å². The van der Waals surface area contributed by atoms with E-state index in [-0.39, 0.29) is 12.6 Å². The van der Waals surface area contributed by atoms with Gasteiger partial charge in [0.05, 0.1) is 56.5 Å². The first-order valence-electron chi connectivity index (χ1n) is 18.1. The summed E-state index contributed by atoms with van der Waals surface area (Å²) in [5, 5.41) is 18.9. The van der Waals surface area contributed by atoms with Crippen molar-refractivity contribution in [2.24, 2.45) is 0 Å². The van der Waals surface area contributed by atoms with E-state index in [1.165, 1.54) is 0 Å². The van der Waals surface area contributed by atoms with Gasteiger partial charge in [-0.1, -0.05) is 70.5 Å². The summed E-state index contributed by atoms with van der Waals surface area (Å²) in [7, 11) is 4.14. The number of alkyl halides is 1. The topological polar surface area (TPSA) is 94.2 Å². The number of ether oxygens (including phenoxy) is 3. The Balaban J connectivity index is 1.46. The highest BCUT2D eigenvalue weighted by molar-refractivity contribution is 9.08. The number of halogens is 1. The van der Waals surface area contributed by atoms with Gasteiger partial charge in [-0.05, 0) is 63.8 Å². The Labute approximate surface area is 309 Å². The molecule has 0 atom stereocenters. The highest BCUT2D eigenvalue weighted by Gasteiger charge is 2.29. The lowest BCUT2D eigenvalue weighted by Crippen LogP contribution is -2.36. The minimum atomic E-state index is -0.306. The van der Waals surface area contributed by atoms with Crippen molar-refractivity contribution in [1.29, 1.82) is 0 Å². The third-order valence-electron chi connectivity index (χ3n) is 9.54. The Morgan fingerprint density at radius 3 is 2.53 bits per heavy atom. The molecule has 1 fully saturated rings. The van der Waals surface area contributed by atoms with Crippen molar-refractivity contribution in [2.45, 2.75) is 51.2 Å². The summed E-state index contributed by atoms with van der Waals surface area (Å²) in [5.41, 5.74) is 6.64. The van der Waals surface area contributed by atoms with Crippen LogP contribution in [0, 0.1) is 0 Å². The number of rotatable bonds is 17. The van der Waals surface area contributed by atoms with Gasteiger partial charge >= 0.3 is 5.97 Å². The third kappa shape index (κ3) is 8.34. The Morgan fingerprint density at radius 2 is 1.76 bits per heavy atom. The van der Waals surface area contributed by atoms with E-state index in [4.69, 9.17) is 19.3 Å². The van der Waals surface area contributed by atoms with Crippen molar-refractivity contribution in [3.05, 3.63) is 83.3 Å². The average Bonchev–Trinajstić information content (AvgIpc) is 3.65. The number of aliphatic hydroxyl groups is 1. The molecule has 1 aliphatic rings. The lowest BCUT2D eigenvalue weighted by molar-refractivity contribution is 0.0329. The number of carbonyl (C=O) groups is 1. The Hall–Kier alpha value is -3.74. The van der Waals surface area contributed by atoms with Crippen LogP contribution in [0.5, 0.6) is 5.75 Å². The van der Waals surface area contributed by atoms with Crippen LogP contribution in [0.3, 0.4) is 0 Å². The predicted molar refractivity (Wildman–Crippen MR) is 206 cm³/mol. The van der Waals surface area contributed by atoms with Crippen molar-refractivity contribution < 1.29 is 24.1 Å². The molecule has 0 radical (unpaired) electrons. The molecule has 1 saturated heterocycles. The quantitative estimate of drug-likeness (QED) is 0.0652. The number of hydrogen-bond acceptors (Lipinski definition) is 8. The molecule has 0 saturated carbocycles. The van der Waals surface area contributed by atoms with Gasteiger partial charge in [0, 0.05) is 53.4 Å². The van der Waals surface area contributed by atoms with Crippen molar-refractivity contribution in [1.82, 2.24) is 24.1 Å². The standard InChI is InChI=1S/C40H50BrN5O5/c1-4-50-40(48)39-32(16-9-24-51-36-17-7-12-29-11-5-6-13-30(29)36)31-14-8-15-33(38(31)45(39)19-10-18-43(2)3)37-34(27-41)42-46(20-23-47)35(37)28-44-21-25-49-26-22-44/h5-8,11-15,17,47H,4,9-10,16,18-28H2,1-3H3. The summed E-state index contributed by atoms with van der Waals surface area (Å²) < 4.78 is 21.9. The Kier molecular flexibility index (Phi) is 12.8. The van der Waals surface area contributed by atoms with Gasteiger partial charge in [-0.2, -0.15) is 5.10 Å². The van der Waals surface area contributed by atoms with E-state index in [2.05, 4.69) is 80.8 Å². The van der Waals surface area contributed by atoms with E-state index in [9.17, 15) is 9.90 Å². The highest BCUT2D eigenvalue weighted by Crippen LogP contribution is 2.40. The molecule has 5 aromatic rings. The lowest BCUT2D eigenvalue weighted by Gasteiger charge is -2.27. The first kappa shape index (κ1) is 37.0. The number of carbonyl (C=O) groups excluding carboxylic acids is 1. The number of aromatic nitrogens is 3. The van der Waals surface area contributed by atoms with Crippen LogP contribution in [0.4, 0.5) is 0 Å². The molecule has 2 aromatic heterocycles. The summed E-state index contributed by atoms with van der Waals surface area (Å²) in [4.78, 5) is 18.5. The second kappa shape index (κ2) is 17.7. The average molecular weight is 761 g/mol. The van der Waals surface area contributed by atoms with Crippen molar-refractivity contribution in [3.63, 3.8) is 0 Å². The van der Waals surface area contributed by atoms with E-state index in [0.717, 1.165) is 88.0 Å². The molecule has 1 N–H and O–H groups in total. The first-order valence-corrected chi connectivity index (χ1v) is 19.2. The SMILES string of the molecule is CCOC(=O)c1c(CCCOc2cccc3ccccc23)c2cccc(-c3c(CBr)nn(CCO)c3CN3CCOCC3)c2n1CCCN(C)C. The monoisotopic (exact) mass is 759 g/mol. The van der Waals surface area contributed by atoms with Crippen LogP contribution in [0.2, 0.25) is 0 Å². The van der Waals surface area contributed by atoms with Crippen LogP contribution in [0.15, 0.2) is 60.7 Å². The van der Waals surface area contributed by atoms with Crippen LogP contribution in [0.1, 0.15) is 47.2 Å². The van der Waals surface area contributed by atoms with E-state index >= 15 is 0 Å². The second-order valence-corrected chi connectivity index (χ2v) is 13.8. The van der Waals surface area contributed by atoms with Gasteiger partial charge in [-0.15, -0.1) is 0 Å². The molecule has 1 aliphatic heterocycles. The second-order valence-electron chi connectivity index (χ2n) is 13.2. The number of aliphatic hydroxyl groups excluding tert-OH is 1. The van der Waals surface area contributed by atoms with Crippen LogP contribution in [0.25, 0.3) is 32.8 Å². The molecule has 0 bridgehead atoms. The largest absolute Gasteiger partial charge is 0.493 e. The molecule has 0 amide bonds. The normalized spacial score (nSPS) is 13.8. The van der Waals surface area contributed by atoms with E-state index in [1.54, 1.807) is 0 Å². The van der Waals surface area contributed by atoms with Gasteiger partial charge in [0.2, 0.25) is 0 Å². The molecule has 10 nitrogen and oxygen atoms in total. The fourth-order valence-corrected chi connectivity index (χ4v) is 7.65. The number of esters is 1. The van der Waals surface area contributed by atoms with Crippen LogP contribution in [-0.2, 0) is 40.9 Å². The van der Waals surface area contributed by atoms with Crippen LogP contribution < -0.4 is 4.74 Å². The summed E-state index contributed by atoms with van der Waals surface area (Å²) in [6.07, 6.45) is 2.23. The summed E-state index contributed by atoms with van der Waals surface area (Å²) in [6, 6.07) is 20.8. The number of morpholine rings is 1. The van der Waals surface area contributed by atoms with Gasteiger partial charge in [-0.25, -0.2) is 4.79 Å². The molecule has 3 heterocycles. The highest BCUT2D eigenvalue weighted by atomic mass is 79.9. The van der Waals surface area contributed by atoms with E-state index < -0.39 is 0 Å². The van der Waals surface area contributed by atoms with E-state index in [0.29, 0.717) is 63.5 Å². The number of hydrogen-bond donors (Lipinski definition) is 1. The molecular weight excluding hydrogens is 710 g/mol. The van der Waals surface area contributed by atoms with Gasteiger partial charge in [0.1, 0.15) is 11.4 Å². The maximum Gasteiger partial charge on any atom is 0.355 e. The molecule has 0 spiro atoms. The smallest absolute Gasteiger partial charge is 0.355 e. The molecule has 0 unspecified atom stereocenters. The van der Waals surface area contributed by atoms with Crippen molar-refractivity contribution in [2.75, 3.05) is 66.8 Å². The molecule has 0 aliphatic carbocycles. The molecule has 6 rings (SSSR count). The van der Waals surface area contributed by atoms with Crippen LogP contribution in [-0.4, -0.2) is 102 Å². The summed E-state index contributed by atoms with van der Waals surface area (Å²) in [5.74, 6) is 0.557. The maximum atomic E-state index is 14.0. The number of fused-ring (bicyclic) bond motifs is 2. The molecule has 11 heteroatoms. The minimum Gasteiger partial charge on any atom is -0.493 e. The minimum absolute atomic E-state index is 0.0118. The molecular formula is C40H50BrN5O5. The van der Waals surface area contributed by atoms with E-state index in [1.807, 2.05) is 35.9 Å². The predicted octanol–water partition coefficient (Wildman–Crippen LogP) is 6.52. The number of para-hydroxylation sites is 1. The van der Waals surface area contributed by atoms with Gasteiger partial charge in [0.25, 0.3) is 0 Å². The van der Waals surface area contributed by atoms with Crippen LogP contribution >= 0.6 is 15.9 Å². The van der Waals surface area contributed by atoms with Crippen molar-refractivity contribution >= 4 is 43.6 Å². The molecule has 3 aromatic carbocycles. The number of aryl methyl sites for hydroxylation is 2. The molecule has 272 valence electrons. The Morgan fingerprint density at radius 1 is 1.00 bits per heavy atom. The van der Waals surface area contributed by atoms with Crippen molar-refractivity contribution in [3.8, 4) is 16.9 Å². The zero-order valence-electron chi connectivity index (χ0n) is 30.1. The number of nitrogens with zero attached hydrogens (tertiary/aromatic N) is 5. The first-order chi connectivity index (χ1) is 24.9. The molecule has 51 heavy (non-hydrogen) atoms. The summed E-state index contributed by atoms with van der Waals surface area (Å²) in [6.45, 7) is 8.29. The fourth-order valence-electron chi connectivity index (χ4n) is 7.26.